The standard InChI is InChI=1S/C32H37N5O4/c1-6-41-32(40)23-12-17-26-27(20-23)34-31(39)29(26)30(22-10-8-7-9-11-22)33-24-13-15-25(16-14-24)37(5)28(38)21-36(4)19-18-35(2)3/h7-17,20,34,39H,6,18-19,21H2,1-5H3. The van der Waals surface area contributed by atoms with Gasteiger partial charge in [0, 0.05) is 42.3 Å². The molecule has 4 rings (SSSR count). The molecule has 0 unspecified atom stereocenters. The number of aliphatic imine (C=N–C) groups is 1. The van der Waals surface area contributed by atoms with Gasteiger partial charge in [-0.05, 0) is 64.5 Å². The van der Waals surface area contributed by atoms with Crippen molar-refractivity contribution in [2.24, 2.45) is 4.99 Å². The third kappa shape index (κ3) is 7.19. The topological polar surface area (TPSA) is 101 Å². The summed E-state index contributed by atoms with van der Waals surface area (Å²) in [6, 6.07) is 22.1. The molecule has 0 atom stereocenters. The Kier molecular flexibility index (Phi) is 9.54. The van der Waals surface area contributed by atoms with Crippen LogP contribution < -0.4 is 4.90 Å². The van der Waals surface area contributed by atoms with Crippen molar-refractivity contribution in [1.82, 2.24) is 14.8 Å². The lowest BCUT2D eigenvalue weighted by atomic mass is 10.00. The highest BCUT2D eigenvalue weighted by molar-refractivity contribution is 6.22. The molecular formula is C32H37N5O4. The first-order valence-corrected chi connectivity index (χ1v) is 13.5. The van der Waals surface area contributed by atoms with Gasteiger partial charge in [0.15, 0.2) is 5.88 Å². The number of esters is 1. The number of H-pyrrole nitrogens is 1. The third-order valence-electron chi connectivity index (χ3n) is 6.76. The van der Waals surface area contributed by atoms with Crippen LogP contribution in [0.1, 0.15) is 28.4 Å². The van der Waals surface area contributed by atoms with Crippen molar-refractivity contribution in [3.8, 4) is 5.88 Å². The zero-order valence-electron chi connectivity index (χ0n) is 24.2. The number of carbonyl (C=O) groups excluding carboxylic acids is 2. The van der Waals surface area contributed by atoms with E-state index in [1.165, 1.54) is 0 Å². The number of nitrogens with one attached hydrogen (secondary N) is 1. The SMILES string of the molecule is CCOC(=O)c1ccc2c(C(=Nc3ccc(N(C)C(=O)CN(C)CCN(C)C)cc3)c3ccccc3)c(O)[nH]c2c1. The number of hydrogen-bond acceptors (Lipinski definition) is 7. The lowest BCUT2D eigenvalue weighted by Gasteiger charge is -2.23. The number of likely N-dealkylation sites (N-methyl/N-ethyl adjacent to an activating group) is 3. The molecule has 9 heteroatoms. The number of anilines is 1. The summed E-state index contributed by atoms with van der Waals surface area (Å²) in [4.78, 5) is 38.8. The van der Waals surface area contributed by atoms with E-state index in [1.54, 1.807) is 37.1 Å². The van der Waals surface area contributed by atoms with Gasteiger partial charge in [-0.25, -0.2) is 9.79 Å². The minimum absolute atomic E-state index is 0.00150. The molecule has 0 saturated carbocycles. The maximum absolute atomic E-state index is 12.8. The summed E-state index contributed by atoms with van der Waals surface area (Å²) in [5.41, 5.74) is 4.32. The first-order valence-electron chi connectivity index (χ1n) is 13.5. The van der Waals surface area contributed by atoms with Crippen molar-refractivity contribution in [3.63, 3.8) is 0 Å². The second-order valence-electron chi connectivity index (χ2n) is 10.2. The average Bonchev–Trinajstić information content (AvgIpc) is 3.29. The Morgan fingerprint density at radius 3 is 2.27 bits per heavy atom. The number of aromatic nitrogens is 1. The van der Waals surface area contributed by atoms with Crippen LogP contribution in [0.25, 0.3) is 10.9 Å². The molecule has 1 heterocycles. The van der Waals surface area contributed by atoms with Gasteiger partial charge in [0.05, 0.1) is 35.7 Å². The molecule has 0 fully saturated rings. The molecule has 0 aliphatic carbocycles. The zero-order valence-corrected chi connectivity index (χ0v) is 24.2. The molecule has 1 amide bonds. The number of fused-ring (bicyclic) bond motifs is 1. The fraction of sp³-hybridized carbons (Fsp3) is 0.281. The van der Waals surface area contributed by atoms with Crippen LogP contribution in [0.15, 0.2) is 77.8 Å². The van der Waals surface area contributed by atoms with Crippen molar-refractivity contribution in [3.05, 3.63) is 89.5 Å². The Morgan fingerprint density at radius 1 is 0.902 bits per heavy atom. The lowest BCUT2D eigenvalue weighted by molar-refractivity contribution is -0.119. The molecule has 0 aliphatic heterocycles. The van der Waals surface area contributed by atoms with Gasteiger partial charge in [0.25, 0.3) is 0 Å². The Balaban J connectivity index is 1.65. The highest BCUT2D eigenvalue weighted by Gasteiger charge is 2.20. The fourth-order valence-electron chi connectivity index (χ4n) is 4.44. The summed E-state index contributed by atoms with van der Waals surface area (Å²) in [6.45, 7) is 4.03. The van der Waals surface area contributed by atoms with Crippen molar-refractivity contribution >= 4 is 39.9 Å². The number of aromatic hydroxyl groups is 1. The zero-order chi connectivity index (χ0) is 29.5. The maximum atomic E-state index is 12.8. The summed E-state index contributed by atoms with van der Waals surface area (Å²) >= 11 is 0. The number of carbonyl (C=O) groups is 2. The van der Waals surface area contributed by atoms with Gasteiger partial charge < -0.3 is 24.6 Å². The van der Waals surface area contributed by atoms with Gasteiger partial charge in [-0.3, -0.25) is 9.69 Å². The highest BCUT2D eigenvalue weighted by atomic mass is 16.5. The molecular weight excluding hydrogens is 518 g/mol. The Labute approximate surface area is 240 Å². The van der Waals surface area contributed by atoms with E-state index in [4.69, 9.17) is 9.73 Å². The van der Waals surface area contributed by atoms with Crippen LogP contribution in [-0.2, 0) is 9.53 Å². The van der Waals surface area contributed by atoms with E-state index in [1.807, 2.05) is 80.6 Å². The Hall–Kier alpha value is -4.47. The van der Waals surface area contributed by atoms with E-state index in [2.05, 4.69) is 9.88 Å². The summed E-state index contributed by atoms with van der Waals surface area (Å²) < 4.78 is 5.12. The molecule has 214 valence electrons. The normalized spacial score (nSPS) is 11.8. The minimum atomic E-state index is -0.425. The van der Waals surface area contributed by atoms with E-state index in [0.29, 0.717) is 34.6 Å². The third-order valence-corrected chi connectivity index (χ3v) is 6.76. The number of amides is 1. The molecule has 0 bridgehead atoms. The number of hydrogen-bond donors (Lipinski definition) is 2. The van der Waals surface area contributed by atoms with Gasteiger partial charge in [0.2, 0.25) is 5.91 Å². The number of aromatic amines is 1. The van der Waals surface area contributed by atoms with E-state index >= 15 is 0 Å². The van der Waals surface area contributed by atoms with Crippen LogP contribution in [0.4, 0.5) is 11.4 Å². The molecule has 0 saturated heterocycles. The molecule has 0 aliphatic rings. The van der Waals surface area contributed by atoms with Crippen LogP contribution in [0.3, 0.4) is 0 Å². The quantitative estimate of drug-likeness (QED) is 0.206. The number of nitrogens with zero attached hydrogens (tertiary/aromatic N) is 4. The van der Waals surface area contributed by atoms with Gasteiger partial charge in [-0.15, -0.1) is 0 Å². The monoisotopic (exact) mass is 555 g/mol. The van der Waals surface area contributed by atoms with E-state index in [9.17, 15) is 14.7 Å². The van der Waals surface area contributed by atoms with E-state index in [-0.39, 0.29) is 18.4 Å². The summed E-state index contributed by atoms with van der Waals surface area (Å²) in [5, 5.41) is 11.7. The average molecular weight is 556 g/mol. The van der Waals surface area contributed by atoms with Crippen molar-refractivity contribution in [2.75, 3.05) is 59.3 Å². The lowest BCUT2D eigenvalue weighted by Crippen LogP contribution is -2.39. The van der Waals surface area contributed by atoms with Crippen LogP contribution in [-0.4, -0.2) is 91.9 Å². The van der Waals surface area contributed by atoms with Gasteiger partial charge in [-0.1, -0.05) is 36.4 Å². The number of ether oxygens (including phenoxy) is 1. The molecule has 0 spiro atoms. The fourth-order valence-corrected chi connectivity index (χ4v) is 4.44. The van der Waals surface area contributed by atoms with E-state index in [0.717, 1.165) is 29.7 Å². The molecule has 4 aromatic rings. The molecule has 2 N–H and O–H groups in total. The predicted octanol–water partition coefficient (Wildman–Crippen LogP) is 4.68. The Bertz CT molecular complexity index is 1530. The van der Waals surface area contributed by atoms with Crippen LogP contribution in [0, 0.1) is 0 Å². The minimum Gasteiger partial charge on any atom is -0.494 e. The first-order chi connectivity index (χ1) is 19.7. The number of rotatable bonds is 11. The second kappa shape index (κ2) is 13.3. The summed E-state index contributed by atoms with van der Waals surface area (Å²) in [7, 11) is 7.73. The molecule has 0 radical (unpaired) electrons. The summed E-state index contributed by atoms with van der Waals surface area (Å²) in [6.07, 6.45) is 0. The molecule has 3 aromatic carbocycles. The predicted molar refractivity (Wildman–Crippen MR) is 164 cm³/mol. The summed E-state index contributed by atoms with van der Waals surface area (Å²) in [5.74, 6) is -0.479. The van der Waals surface area contributed by atoms with Gasteiger partial charge in [0.1, 0.15) is 0 Å². The first kappa shape index (κ1) is 29.5. The van der Waals surface area contributed by atoms with Crippen molar-refractivity contribution in [1.29, 1.82) is 0 Å². The molecule has 9 nitrogen and oxygen atoms in total. The van der Waals surface area contributed by atoms with Crippen LogP contribution in [0.5, 0.6) is 5.88 Å². The smallest absolute Gasteiger partial charge is 0.338 e. The van der Waals surface area contributed by atoms with Crippen LogP contribution in [0.2, 0.25) is 0 Å². The second-order valence-corrected chi connectivity index (χ2v) is 10.2. The Morgan fingerprint density at radius 2 is 1.61 bits per heavy atom. The molecule has 41 heavy (non-hydrogen) atoms. The van der Waals surface area contributed by atoms with Gasteiger partial charge >= 0.3 is 5.97 Å². The number of benzene rings is 3. The van der Waals surface area contributed by atoms with Crippen molar-refractivity contribution in [2.45, 2.75) is 6.92 Å². The van der Waals surface area contributed by atoms with Gasteiger partial charge in [-0.2, -0.15) is 0 Å². The molecule has 1 aromatic heterocycles. The highest BCUT2D eigenvalue weighted by Crippen LogP contribution is 2.32. The maximum Gasteiger partial charge on any atom is 0.338 e. The van der Waals surface area contributed by atoms with Crippen LogP contribution >= 0.6 is 0 Å². The van der Waals surface area contributed by atoms with Crippen molar-refractivity contribution < 1.29 is 19.4 Å². The largest absolute Gasteiger partial charge is 0.494 e. The van der Waals surface area contributed by atoms with E-state index < -0.39 is 5.97 Å².